The van der Waals surface area contributed by atoms with Crippen molar-refractivity contribution in [3.63, 3.8) is 0 Å². The van der Waals surface area contributed by atoms with Gasteiger partial charge in [0.1, 0.15) is 22.6 Å². The van der Waals surface area contributed by atoms with Gasteiger partial charge in [-0.1, -0.05) is 31.8 Å². The van der Waals surface area contributed by atoms with Crippen molar-refractivity contribution in [1.82, 2.24) is 0 Å². The average Bonchev–Trinajstić information content (AvgIpc) is 2.61. The summed E-state index contributed by atoms with van der Waals surface area (Å²) in [6.45, 7) is 5.27. The van der Waals surface area contributed by atoms with Crippen molar-refractivity contribution in [2.45, 2.75) is 58.3 Å². The minimum absolute atomic E-state index is 0.0350. The average molecular weight is 358 g/mol. The van der Waals surface area contributed by atoms with Crippen LogP contribution in [0.25, 0.3) is 11.0 Å². The highest BCUT2D eigenvalue weighted by atomic mass is 16.4. The number of fused-ring (bicyclic) bond motifs is 1. The van der Waals surface area contributed by atoms with Crippen LogP contribution < -0.4 is 5.63 Å². The summed E-state index contributed by atoms with van der Waals surface area (Å²) in [5.41, 5.74) is -0.708. The lowest BCUT2D eigenvalue weighted by Crippen LogP contribution is -2.14. The number of ketones is 1. The number of allylic oxidation sites excluding steroid dienone is 1. The Morgan fingerprint density at radius 1 is 1.12 bits per heavy atom. The molecule has 140 valence electrons. The van der Waals surface area contributed by atoms with Gasteiger partial charge in [-0.3, -0.25) is 4.79 Å². The minimum atomic E-state index is -0.863. The van der Waals surface area contributed by atoms with Gasteiger partial charge in [0.05, 0.1) is 5.39 Å². The van der Waals surface area contributed by atoms with Gasteiger partial charge in [-0.05, 0) is 38.3 Å². The van der Waals surface area contributed by atoms with Crippen LogP contribution in [0.5, 0.6) is 11.5 Å². The Bertz CT molecular complexity index is 848. The van der Waals surface area contributed by atoms with E-state index in [-0.39, 0.29) is 34.5 Å². The predicted octanol–water partition coefficient (Wildman–Crippen LogP) is 5.00. The van der Waals surface area contributed by atoms with Crippen LogP contribution in [-0.4, -0.2) is 16.0 Å². The van der Waals surface area contributed by atoms with Gasteiger partial charge in [-0.25, -0.2) is 4.79 Å². The molecular formula is C21H26O5. The molecule has 0 atom stereocenters. The number of hydrogen-bond donors (Lipinski definition) is 2. The van der Waals surface area contributed by atoms with Gasteiger partial charge in [0.15, 0.2) is 5.78 Å². The standard InChI is InChI=1S/C21H26O5/c1-3-4-5-6-7-8-9-10-11-17(23)18-19(24)15-12-13-16(22)14(2)20(15)26-21(18)25/h3,12-13,22,24H,1,4-11H2,2H3. The number of unbranched alkanes of at least 4 members (excludes halogenated alkanes) is 6. The molecule has 0 aliphatic rings. The number of Topliss-reactive ketones (excluding diaryl/α,β-unsaturated/α-hetero) is 1. The summed E-state index contributed by atoms with van der Waals surface area (Å²) >= 11 is 0. The third-order valence-corrected chi connectivity index (χ3v) is 4.61. The lowest BCUT2D eigenvalue weighted by molar-refractivity contribution is 0.0973. The molecule has 1 aromatic heterocycles. The lowest BCUT2D eigenvalue weighted by atomic mass is 10.0. The van der Waals surface area contributed by atoms with E-state index >= 15 is 0 Å². The van der Waals surface area contributed by atoms with E-state index in [1.165, 1.54) is 12.1 Å². The van der Waals surface area contributed by atoms with E-state index in [0.29, 0.717) is 12.0 Å². The molecule has 0 saturated heterocycles. The molecule has 0 bridgehead atoms. The number of rotatable bonds is 10. The molecule has 26 heavy (non-hydrogen) atoms. The smallest absolute Gasteiger partial charge is 0.351 e. The van der Waals surface area contributed by atoms with Crippen molar-refractivity contribution in [2.24, 2.45) is 0 Å². The number of hydrogen-bond acceptors (Lipinski definition) is 5. The van der Waals surface area contributed by atoms with Gasteiger partial charge in [0, 0.05) is 12.0 Å². The van der Waals surface area contributed by atoms with Crippen LogP contribution in [-0.2, 0) is 0 Å². The highest BCUT2D eigenvalue weighted by molar-refractivity contribution is 6.03. The number of carbonyl (C=O) groups is 1. The molecular weight excluding hydrogens is 332 g/mol. The summed E-state index contributed by atoms with van der Waals surface area (Å²) in [7, 11) is 0. The van der Waals surface area contributed by atoms with Crippen LogP contribution in [0.4, 0.5) is 0 Å². The molecule has 1 aromatic carbocycles. The fourth-order valence-electron chi connectivity index (χ4n) is 3.03. The first-order valence-electron chi connectivity index (χ1n) is 9.09. The van der Waals surface area contributed by atoms with Gasteiger partial charge in [0.2, 0.25) is 0 Å². The van der Waals surface area contributed by atoms with Crippen LogP contribution >= 0.6 is 0 Å². The largest absolute Gasteiger partial charge is 0.508 e. The van der Waals surface area contributed by atoms with Crippen molar-refractivity contribution in [3.05, 3.63) is 46.3 Å². The van der Waals surface area contributed by atoms with Gasteiger partial charge in [-0.2, -0.15) is 0 Å². The fourth-order valence-corrected chi connectivity index (χ4v) is 3.03. The van der Waals surface area contributed by atoms with Crippen LogP contribution in [0.3, 0.4) is 0 Å². The maximum Gasteiger partial charge on any atom is 0.351 e. The summed E-state index contributed by atoms with van der Waals surface area (Å²) in [5, 5.41) is 20.3. The van der Waals surface area contributed by atoms with Gasteiger partial charge >= 0.3 is 5.63 Å². The number of aromatic hydroxyl groups is 2. The molecule has 0 spiro atoms. The summed E-state index contributed by atoms with van der Waals surface area (Å²) in [6, 6.07) is 2.84. The third kappa shape index (κ3) is 4.54. The topological polar surface area (TPSA) is 87.7 Å². The summed E-state index contributed by atoms with van der Waals surface area (Å²) in [4.78, 5) is 24.5. The summed E-state index contributed by atoms with van der Waals surface area (Å²) in [6.07, 6.45) is 9.20. The Labute approximate surface area is 153 Å². The number of phenols is 1. The Morgan fingerprint density at radius 3 is 2.46 bits per heavy atom. The number of benzene rings is 1. The first kappa shape index (κ1) is 19.8. The van der Waals surface area contributed by atoms with Gasteiger partial charge in [-0.15, -0.1) is 6.58 Å². The van der Waals surface area contributed by atoms with Crippen LogP contribution in [0.2, 0.25) is 0 Å². The van der Waals surface area contributed by atoms with Crippen LogP contribution in [0.15, 0.2) is 34.0 Å². The Morgan fingerprint density at radius 2 is 1.77 bits per heavy atom. The number of aryl methyl sites for hydroxylation is 1. The molecule has 0 saturated carbocycles. The molecule has 2 rings (SSSR count). The van der Waals surface area contributed by atoms with E-state index in [2.05, 4.69) is 6.58 Å². The monoisotopic (exact) mass is 358 g/mol. The molecule has 0 aliphatic heterocycles. The first-order valence-corrected chi connectivity index (χ1v) is 9.09. The Hall–Kier alpha value is -2.56. The lowest BCUT2D eigenvalue weighted by Gasteiger charge is -2.08. The summed E-state index contributed by atoms with van der Waals surface area (Å²) in [5.74, 6) is -0.809. The summed E-state index contributed by atoms with van der Waals surface area (Å²) < 4.78 is 5.18. The van der Waals surface area contributed by atoms with E-state index < -0.39 is 11.4 Å². The zero-order valence-electron chi connectivity index (χ0n) is 15.2. The number of carbonyl (C=O) groups excluding carboxylic acids is 1. The quantitative estimate of drug-likeness (QED) is 0.270. The van der Waals surface area contributed by atoms with E-state index in [1.807, 2.05) is 6.08 Å². The molecule has 2 N–H and O–H groups in total. The Kier molecular flexibility index (Phi) is 7.01. The van der Waals surface area contributed by atoms with Gasteiger partial charge < -0.3 is 14.6 Å². The zero-order valence-corrected chi connectivity index (χ0v) is 15.2. The minimum Gasteiger partial charge on any atom is -0.508 e. The second-order valence-corrected chi connectivity index (χ2v) is 6.57. The van der Waals surface area contributed by atoms with Crippen LogP contribution in [0.1, 0.15) is 67.3 Å². The third-order valence-electron chi connectivity index (χ3n) is 4.61. The molecule has 0 aliphatic carbocycles. The fraction of sp³-hybridized carbons (Fsp3) is 0.429. The van der Waals surface area contributed by atoms with E-state index in [9.17, 15) is 19.8 Å². The Balaban J connectivity index is 2.01. The predicted molar refractivity (Wildman–Crippen MR) is 102 cm³/mol. The molecule has 5 heteroatoms. The maximum atomic E-state index is 12.4. The van der Waals surface area contributed by atoms with Crippen molar-refractivity contribution in [3.8, 4) is 11.5 Å². The van der Waals surface area contributed by atoms with Crippen molar-refractivity contribution >= 4 is 16.8 Å². The molecule has 0 unspecified atom stereocenters. The molecule has 0 amide bonds. The second kappa shape index (κ2) is 9.22. The van der Waals surface area contributed by atoms with E-state index in [0.717, 1.165) is 38.5 Å². The first-order chi connectivity index (χ1) is 12.5. The van der Waals surface area contributed by atoms with Crippen molar-refractivity contribution in [1.29, 1.82) is 0 Å². The van der Waals surface area contributed by atoms with Crippen LogP contribution in [0, 0.1) is 6.92 Å². The highest BCUT2D eigenvalue weighted by Gasteiger charge is 2.21. The van der Waals surface area contributed by atoms with E-state index in [4.69, 9.17) is 4.42 Å². The van der Waals surface area contributed by atoms with Gasteiger partial charge in [0.25, 0.3) is 0 Å². The maximum absolute atomic E-state index is 12.4. The zero-order chi connectivity index (χ0) is 19.1. The SMILES string of the molecule is C=CCCCCCCCCC(=O)c1c(O)c2ccc(O)c(C)c2oc1=O. The molecule has 0 fully saturated rings. The second-order valence-electron chi connectivity index (χ2n) is 6.57. The highest BCUT2D eigenvalue weighted by Crippen LogP contribution is 2.32. The van der Waals surface area contributed by atoms with Crippen molar-refractivity contribution in [2.75, 3.05) is 0 Å². The molecule has 2 aromatic rings. The van der Waals surface area contributed by atoms with E-state index in [1.54, 1.807) is 6.92 Å². The normalized spacial score (nSPS) is 11.0. The molecule has 5 nitrogen and oxygen atoms in total. The van der Waals surface area contributed by atoms with Crippen molar-refractivity contribution < 1.29 is 19.4 Å². The molecule has 0 radical (unpaired) electrons. The molecule has 1 heterocycles. The number of phenolic OH excluding ortho intramolecular Hbond substituents is 1.